The van der Waals surface area contributed by atoms with Gasteiger partial charge in [0, 0.05) is 23.9 Å². The van der Waals surface area contributed by atoms with Crippen LogP contribution in [0, 0.1) is 18.6 Å². The van der Waals surface area contributed by atoms with E-state index in [0.29, 0.717) is 11.6 Å². The molecule has 1 aromatic heterocycles. The molecule has 1 amide bonds. The number of carbonyl (C=O) groups is 1. The number of halogens is 2. The van der Waals surface area contributed by atoms with Crippen molar-refractivity contribution in [1.82, 2.24) is 9.97 Å². The second-order valence-corrected chi connectivity index (χ2v) is 5.22. The first-order valence-corrected chi connectivity index (χ1v) is 7.27. The minimum Gasteiger partial charge on any atom is -0.368 e. The lowest BCUT2D eigenvalue weighted by Crippen LogP contribution is -2.18. The van der Waals surface area contributed by atoms with Gasteiger partial charge >= 0.3 is 0 Å². The Morgan fingerprint density at radius 2 is 1.96 bits per heavy atom. The molecule has 1 unspecified atom stereocenters. The number of nitrogens with one attached hydrogen (secondary N) is 2. The Bertz CT molecular complexity index is 721. The van der Waals surface area contributed by atoms with Crippen molar-refractivity contribution in [2.75, 3.05) is 10.6 Å². The van der Waals surface area contributed by atoms with E-state index >= 15 is 0 Å². The lowest BCUT2D eigenvalue weighted by atomic mass is 10.2. The molecule has 0 bridgehead atoms. The van der Waals surface area contributed by atoms with Gasteiger partial charge in [0.25, 0.3) is 5.91 Å². The van der Waals surface area contributed by atoms with Gasteiger partial charge in [-0.05, 0) is 32.4 Å². The standard InChI is InChI=1S/C16H18F2N4O/c1-4-9(2)19-15-8-14(20-10(3)21-15)16(23)22-11-5-6-12(17)13(18)7-11/h5-9H,4H2,1-3H3,(H,22,23)(H,19,20,21). The lowest BCUT2D eigenvalue weighted by molar-refractivity contribution is 0.102. The predicted molar refractivity (Wildman–Crippen MR) is 84.5 cm³/mol. The van der Waals surface area contributed by atoms with Gasteiger partial charge in [0.05, 0.1) is 0 Å². The molecule has 0 fully saturated rings. The van der Waals surface area contributed by atoms with E-state index in [0.717, 1.165) is 18.6 Å². The SMILES string of the molecule is CCC(C)Nc1cc(C(=O)Nc2ccc(F)c(F)c2)nc(C)n1. The number of aromatic nitrogens is 2. The van der Waals surface area contributed by atoms with Gasteiger partial charge in [-0.2, -0.15) is 0 Å². The molecule has 0 aliphatic heterocycles. The molecule has 1 atom stereocenters. The van der Waals surface area contributed by atoms with Crippen molar-refractivity contribution >= 4 is 17.4 Å². The van der Waals surface area contributed by atoms with Crippen LogP contribution in [0.1, 0.15) is 36.6 Å². The highest BCUT2D eigenvalue weighted by molar-refractivity contribution is 6.03. The molecule has 1 aromatic carbocycles. The normalized spacial score (nSPS) is 11.9. The van der Waals surface area contributed by atoms with E-state index in [9.17, 15) is 13.6 Å². The maximum Gasteiger partial charge on any atom is 0.274 e. The van der Waals surface area contributed by atoms with Gasteiger partial charge in [-0.15, -0.1) is 0 Å². The third kappa shape index (κ3) is 4.45. The Morgan fingerprint density at radius 3 is 2.61 bits per heavy atom. The van der Waals surface area contributed by atoms with Crippen LogP contribution in [0.25, 0.3) is 0 Å². The van der Waals surface area contributed by atoms with E-state index in [4.69, 9.17) is 0 Å². The Balaban J connectivity index is 2.19. The quantitative estimate of drug-likeness (QED) is 0.884. The summed E-state index contributed by atoms with van der Waals surface area (Å²) in [5.74, 6) is -1.54. The summed E-state index contributed by atoms with van der Waals surface area (Å²) in [7, 11) is 0. The summed E-state index contributed by atoms with van der Waals surface area (Å²) in [5.41, 5.74) is 0.301. The van der Waals surface area contributed by atoms with Crippen LogP contribution in [-0.2, 0) is 0 Å². The summed E-state index contributed by atoms with van der Waals surface area (Å²) in [5, 5.41) is 5.65. The maximum atomic E-state index is 13.2. The first-order valence-electron chi connectivity index (χ1n) is 7.27. The van der Waals surface area contributed by atoms with Crippen LogP contribution < -0.4 is 10.6 Å². The van der Waals surface area contributed by atoms with Crippen molar-refractivity contribution in [2.45, 2.75) is 33.2 Å². The molecule has 0 saturated carbocycles. The summed E-state index contributed by atoms with van der Waals surface area (Å²) >= 11 is 0. The van der Waals surface area contributed by atoms with Gasteiger partial charge in [-0.1, -0.05) is 6.92 Å². The molecule has 5 nitrogen and oxygen atoms in total. The van der Waals surface area contributed by atoms with Crippen molar-refractivity contribution in [1.29, 1.82) is 0 Å². The Labute approximate surface area is 133 Å². The van der Waals surface area contributed by atoms with Gasteiger partial charge < -0.3 is 10.6 Å². The number of hydrogen-bond acceptors (Lipinski definition) is 4. The average molecular weight is 320 g/mol. The van der Waals surface area contributed by atoms with Crippen LogP contribution in [-0.4, -0.2) is 21.9 Å². The molecule has 2 N–H and O–H groups in total. The number of amides is 1. The molecule has 0 spiro atoms. The summed E-state index contributed by atoms with van der Waals surface area (Å²) in [6.45, 7) is 5.71. The fourth-order valence-corrected chi connectivity index (χ4v) is 1.88. The predicted octanol–water partition coefficient (Wildman–Crippen LogP) is 3.53. The second-order valence-electron chi connectivity index (χ2n) is 5.22. The number of anilines is 2. The minimum absolute atomic E-state index is 0.146. The molecule has 7 heteroatoms. The van der Waals surface area contributed by atoms with Crippen molar-refractivity contribution in [3.8, 4) is 0 Å². The number of benzene rings is 1. The fourth-order valence-electron chi connectivity index (χ4n) is 1.88. The first kappa shape index (κ1) is 16.8. The molecule has 0 radical (unpaired) electrons. The monoisotopic (exact) mass is 320 g/mol. The van der Waals surface area contributed by atoms with E-state index < -0.39 is 17.5 Å². The largest absolute Gasteiger partial charge is 0.368 e. The van der Waals surface area contributed by atoms with Crippen LogP contribution in [0.15, 0.2) is 24.3 Å². The molecule has 0 aliphatic rings. The average Bonchev–Trinajstić information content (AvgIpc) is 2.50. The molecule has 2 rings (SSSR count). The van der Waals surface area contributed by atoms with Crippen LogP contribution in [0.4, 0.5) is 20.3 Å². The van der Waals surface area contributed by atoms with Crippen molar-refractivity contribution in [3.63, 3.8) is 0 Å². The summed E-state index contributed by atoms with van der Waals surface area (Å²) < 4.78 is 26.1. The van der Waals surface area contributed by atoms with Crippen LogP contribution >= 0.6 is 0 Å². The Morgan fingerprint density at radius 1 is 1.22 bits per heavy atom. The van der Waals surface area contributed by atoms with Gasteiger partial charge in [0.15, 0.2) is 11.6 Å². The highest BCUT2D eigenvalue weighted by Gasteiger charge is 2.13. The van der Waals surface area contributed by atoms with Crippen molar-refractivity contribution in [2.24, 2.45) is 0 Å². The maximum absolute atomic E-state index is 13.2. The molecular formula is C16H18F2N4O. The second kappa shape index (κ2) is 7.13. The zero-order valence-electron chi connectivity index (χ0n) is 13.2. The number of aryl methyl sites for hydroxylation is 1. The third-order valence-electron chi connectivity index (χ3n) is 3.25. The molecule has 0 aliphatic carbocycles. The van der Waals surface area contributed by atoms with E-state index in [2.05, 4.69) is 20.6 Å². The molecular weight excluding hydrogens is 302 g/mol. The Hall–Kier alpha value is -2.57. The molecule has 122 valence electrons. The Kier molecular flexibility index (Phi) is 5.20. The highest BCUT2D eigenvalue weighted by atomic mass is 19.2. The third-order valence-corrected chi connectivity index (χ3v) is 3.25. The van der Waals surface area contributed by atoms with Gasteiger partial charge in [0.2, 0.25) is 0 Å². The lowest BCUT2D eigenvalue weighted by Gasteiger charge is -2.13. The highest BCUT2D eigenvalue weighted by Crippen LogP contribution is 2.15. The number of carbonyl (C=O) groups excluding carboxylic acids is 1. The van der Waals surface area contributed by atoms with Crippen LogP contribution in [0.2, 0.25) is 0 Å². The van der Waals surface area contributed by atoms with E-state index in [1.165, 1.54) is 12.1 Å². The number of hydrogen-bond donors (Lipinski definition) is 2. The van der Waals surface area contributed by atoms with Crippen molar-refractivity contribution < 1.29 is 13.6 Å². The molecule has 23 heavy (non-hydrogen) atoms. The van der Waals surface area contributed by atoms with E-state index in [1.807, 2.05) is 13.8 Å². The fraction of sp³-hybridized carbons (Fsp3) is 0.312. The zero-order valence-corrected chi connectivity index (χ0v) is 13.2. The summed E-state index contributed by atoms with van der Waals surface area (Å²) in [6.07, 6.45) is 0.902. The van der Waals surface area contributed by atoms with Gasteiger partial charge in [-0.25, -0.2) is 18.7 Å². The summed E-state index contributed by atoms with van der Waals surface area (Å²) in [6, 6.07) is 4.87. The minimum atomic E-state index is -1.03. The van der Waals surface area contributed by atoms with Crippen molar-refractivity contribution in [3.05, 3.63) is 47.4 Å². The zero-order chi connectivity index (χ0) is 17.0. The van der Waals surface area contributed by atoms with E-state index in [1.54, 1.807) is 6.92 Å². The molecule has 0 saturated heterocycles. The smallest absolute Gasteiger partial charge is 0.274 e. The van der Waals surface area contributed by atoms with Crippen LogP contribution in [0.3, 0.4) is 0 Å². The molecule has 1 heterocycles. The number of rotatable bonds is 5. The topological polar surface area (TPSA) is 66.9 Å². The summed E-state index contributed by atoms with van der Waals surface area (Å²) in [4.78, 5) is 20.5. The van der Waals surface area contributed by atoms with Gasteiger partial charge in [0.1, 0.15) is 17.3 Å². The first-order chi connectivity index (χ1) is 10.9. The number of nitrogens with zero attached hydrogens (tertiary/aromatic N) is 2. The van der Waals surface area contributed by atoms with Crippen LogP contribution in [0.5, 0.6) is 0 Å². The van der Waals surface area contributed by atoms with Gasteiger partial charge in [-0.3, -0.25) is 4.79 Å². The van der Waals surface area contributed by atoms with E-state index in [-0.39, 0.29) is 17.4 Å². The molecule has 2 aromatic rings.